The van der Waals surface area contributed by atoms with Crippen LogP contribution in [0.15, 0.2) is 49.3 Å². The van der Waals surface area contributed by atoms with Gasteiger partial charge in [0.25, 0.3) is 0 Å². The van der Waals surface area contributed by atoms with Crippen LogP contribution >= 0.6 is 23.2 Å². The van der Waals surface area contributed by atoms with Gasteiger partial charge in [0.1, 0.15) is 12.1 Å². The molecule has 0 aliphatic carbocycles. The lowest BCUT2D eigenvalue weighted by atomic mass is 10.1. The van der Waals surface area contributed by atoms with Gasteiger partial charge in [0.2, 0.25) is 5.91 Å². The van der Waals surface area contributed by atoms with Crippen LogP contribution in [0.3, 0.4) is 0 Å². The van der Waals surface area contributed by atoms with E-state index in [1.165, 1.54) is 24.5 Å². The summed E-state index contributed by atoms with van der Waals surface area (Å²) in [5.41, 5.74) is 1.93. The number of hydrogen-bond donors (Lipinski definition) is 1. The van der Waals surface area contributed by atoms with Gasteiger partial charge < -0.3 is 15.1 Å². The van der Waals surface area contributed by atoms with Gasteiger partial charge in [0.05, 0.1) is 33.3 Å². The minimum absolute atomic E-state index is 0.0126. The number of likely N-dealkylation sites (tertiary alicyclic amines) is 1. The first kappa shape index (κ1) is 21.0. The summed E-state index contributed by atoms with van der Waals surface area (Å²) in [5, 5.41) is 3.79. The molecule has 32 heavy (non-hydrogen) atoms. The maximum Gasteiger partial charge on any atom is 0.246 e. The van der Waals surface area contributed by atoms with Crippen LogP contribution < -0.4 is 10.2 Å². The summed E-state index contributed by atoms with van der Waals surface area (Å²) in [6.07, 6.45) is 4.64. The van der Waals surface area contributed by atoms with E-state index in [-0.39, 0.29) is 33.7 Å². The van der Waals surface area contributed by atoms with E-state index in [4.69, 9.17) is 23.2 Å². The molecule has 1 N–H and O–H groups in total. The minimum Gasteiger partial charge on any atom is -0.366 e. The van der Waals surface area contributed by atoms with Crippen molar-refractivity contribution in [1.82, 2.24) is 14.9 Å². The fraction of sp³-hybridized carbons (Fsp3) is 0.261. The highest BCUT2D eigenvalue weighted by Crippen LogP contribution is 2.38. The Kier molecular flexibility index (Phi) is 5.39. The molecule has 2 fully saturated rings. The Morgan fingerprint density at radius 3 is 2.78 bits per heavy atom. The monoisotopic (exact) mass is 471 g/mol. The standard InChI is InChI=1S/C23H20Cl2FN5O/c1-2-20(32)31-10-8-18-19(31)7-9-30(18)13-3-5-16-14(11-13)23(28-12-27-16)29-17-6-4-15(24)21(25)22(17)26/h2-6,11-12,18-19H,1,7-10H2,(H,27,28,29). The lowest BCUT2D eigenvalue weighted by Gasteiger charge is -2.27. The fourth-order valence-corrected chi connectivity index (χ4v) is 5.08. The van der Waals surface area contributed by atoms with Crippen LogP contribution in [0.5, 0.6) is 0 Å². The summed E-state index contributed by atoms with van der Waals surface area (Å²) in [4.78, 5) is 25.1. The SMILES string of the molecule is C=CC(=O)N1CCC2C1CCN2c1ccc2ncnc(Nc3ccc(Cl)c(Cl)c3F)c2c1. The maximum atomic E-state index is 14.6. The van der Waals surface area contributed by atoms with Gasteiger partial charge in [-0.05, 0) is 49.2 Å². The van der Waals surface area contributed by atoms with E-state index in [2.05, 4.69) is 26.8 Å². The molecule has 0 spiro atoms. The summed E-state index contributed by atoms with van der Waals surface area (Å²) in [6, 6.07) is 9.46. The summed E-state index contributed by atoms with van der Waals surface area (Å²) in [6.45, 7) is 5.20. The molecule has 0 radical (unpaired) electrons. The predicted molar refractivity (Wildman–Crippen MR) is 125 cm³/mol. The molecule has 1 amide bonds. The molecule has 2 saturated heterocycles. The van der Waals surface area contributed by atoms with Crippen molar-refractivity contribution in [1.29, 1.82) is 0 Å². The van der Waals surface area contributed by atoms with Crippen molar-refractivity contribution in [2.45, 2.75) is 24.9 Å². The third-order valence-corrected chi connectivity index (χ3v) is 7.05. The van der Waals surface area contributed by atoms with Gasteiger partial charge in [0.15, 0.2) is 5.82 Å². The van der Waals surface area contributed by atoms with Gasteiger partial charge in [-0.15, -0.1) is 0 Å². The molecule has 2 aliphatic rings. The number of aromatic nitrogens is 2. The molecule has 2 unspecified atom stereocenters. The molecular weight excluding hydrogens is 452 g/mol. The van der Waals surface area contributed by atoms with Crippen LogP contribution in [0.1, 0.15) is 12.8 Å². The minimum atomic E-state index is -0.637. The molecule has 3 aromatic rings. The second-order valence-electron chi connectivity index (χ2n) is 7.91. The second-order valence-corrected chi connectivity index (χ2v) is 8.70. The highest BCUT2D eigenvalue weighted by molar-refractivity contribution is 6.42. The van der Waals surface area contributed by atoms with Crippen molar-refractivity contribution in [3.63, 3.8) is 0 Å². The Morgan fingerprint density at radius 2 is 1.97 bits per heavy atom. The van der Waals surface area contributed by atoms with Crippen LogP contribution in [0.2, 0.25) is 10.0 Å². The maximum absolute atomic E-state index is 14.6. The Morgan fingerprint density at radius 1 is 1.16 bits per heavy atom. The Labute approximate surface area is 194 Å². The summed E-state index contributed by atoms with van der Waals surface area (Å²) < 4.78 is 14.6. The van der Waals surface area contributed by atoms with Crippen LogP contribution in [0.4, 0.5) is 21.6 Å². The second kappa shape index (κ2) is 8.22. The van der Waals surface area contributed by atoms with Crippen LogP contribution in [0.25, 0.3) is 10.9 Å². The number of nitrogens with zero attached hydrogens (tertiary/aromatic N) is 4. The Balaban J connectivity index is 1.48. The van der Waals surface area contributed by atoms with E-state index in [9.17, 15) is 9.18 Å². The Bertz CT molecular complexity index is 1240. The number of anilines is 3. The number of hydrogen-bond acceptors (Lipinski definition) is 5. The highest BCUT2D eigenvalue weighted by atomic mass is 35.5. The van der Waals surface area contributed by atoms with E-state index in [0.29, 0.717) is 5.82 Å². The number of benzene rings is 2. The normalized spacial score (nSPS) is 20.0. The molecule has 0 saturated carbocycles. The lowest BCUT2D eigenvalue weighted by Crippen LogP contribution is -2.39. The van der Waals surface area contributed by atoms with Crippen molar-refractivity contribution >= 4 is 57.2 Å². The third-order valence-electron chi connectivity index (χ3n) is 6.27. The summed E-state index contributed by atoms with van der Waals surface area (Å²) in [5.74, 6) is -0.177. The molecule has 2 atom stereocenters. The van der Waals surface area contributed by atoms with Gasteiger partial charge in [-0.1, -0.05) is 29.8 Å². The molecule has 1 aromatic heterocycles. The Hall–Kier alpha value is -2.90. The zero-order chi connectivity index (χ0) is 22.4. The van der Waals surface area contributed by atoms with E-state index in [0.717, 1.165) is 42.5 Å². The first-order valence-electron chi connectivity index (χ1n) is 10.3. The number of carbonyl (C=O) groups is 1. The summed E-state index contributed by atoms with van der Waals surface area (Å²) >= 11 is 11.9. The molecule has 5 rings (SSSR count). The third kappa shape index (κ3) is 3.45. The van der Waals surface area contributed by atoms with Gasteiger partial charge in [-0.25, -0.2) is 14.4 Å². The van der Waals surface area contributed by atoms with E-state index in [1.54, 1.807) is 0 Å². The van der Waals surface area contributed by atoms with Gasteiger partial charge in [0, 0.05) is 24.2 Å². The zero-order valence-corrected chi connectivity index (χ0v) is 18.6. The van der Waals surface area contributed by atoms with Crippen molar-refractivity contribution in [2.75, 3.05) is 23.3 Å². The first-order valence-corrected chi connectivity index (χ1v) is 11.1. The van der Waals surface area contributed by atoms with Gasteiger partial charge >= 0.3 is 0 Å². The molecule has 2 aromatic carbocycles. The first-order chi connectivity index (χ1) is 15.5. The number of amides is 1. The van der Waals surface area contributed by atoms with Gasteiger partial charge in [-0.3, -0.25) is 4.79 Å². The molecule has 164 valence electrons. The quantitative estimate of drug-likeness (QED) is 0.419. The number of fused-ring (bicyclic) bond motifs is 2. The molecule has 3 heterocycles. The van der Waals surface area contributed by atoms with Crippen molar-refractivity contribution in [2.24, 2.45) is 0 Å². The number of rotatable bonds is 4. The lowest BCUT2D eigenvalue weighted by molar-refractivity contribution is -0.126. The fourth-order valence-electron chi connectivity index (χ4n) is 4.77. The number of carbonyl (C=O) groups excluding carboxylic acids is 1. The van der Waals surface area contributed by atoms with Crippen LogP contribution in [-0.4, -0.2) is 45.9 Å². The van der Waals surface area contributed by atoms with Crippen molar-refractivity contribution in [3.8, 4) is 0 Å². The van der Waals surface area contributed by atoms with Crippen LogP contribution in [-0.2, 0) is 4.79 Å². The molecule has 2 aliphatic heterocycles. The van der Waals surface area contributed by atoms with E-state index < -0.39 is 5.82 Å². The smallest absolute Gasteiger partial charge is 0.246 e. The predicted octanol–water partition coefficient (Wildman–Crippen LogP) is 5.18. The molecule has 0 bridgehead atoms. The highest BCUT2D eigenvalue weighted by Gasteiger charge is 2.43. The van der Waals surface area contributed by atoms with E-state index >= 15 is 0 Å². The molecule has 9 heteroatoms. The van der Waals surface area contributed by atoms with Crippen molar-refractivity contribution < 1.29 is 9.18 Å². The largest absolute Gasteiger partial charge is 0.366 e. The molecular formula is C23H20Cl2FN5O. The summed E-state index contributed by atoms with van der Waals surface area (Å²) in [7, 11) is 0. The topological polar surface area (TPSA) is 61.4 Å². The van der Waals surface area contributed by atoms with E-state index in [1.807, 2.05) is 23.1 Å². The van der Waals surface area contributed by atoms with Crippen LogP contribution in [0, 0.1) is 5.82 Å². The zero-order valence-electron chi connectivity index (χ0n) is 17.1. The number of nitrogens with one attached hydrogen (secondary N) is 1. The average Bonchev–Trinajstić information content (AvgIpc) is 3.41. The van der Waals surface area contributed by atoms with Gasteiger partial charge in [-0.2, -0.15) is 0 Å². The molecule has 6 nitrogen and oxygen atoms in total. The number of halogens is 3. The van der Waals surface area contributed by atoms with Crippen molar-refractivity contribution in [3.05, 3.63) is 65.2 Å². The average molecular weight is 472 g/mol.